The van der Waals surface area contributed by atoms with Crippen LogP contribution in [0, 0.1) is 0 Å². The first-order valence-electron chi connectivity index (χ1n) is 7.08. The number of nitrogens with zero attached hydrogens (tertiary/aromatic N) is 2. The van der Waals surface area contributed by atoms with Gasteiger partial charge in [-0.15, -0.1) is 0 Å². The summed E-state index contributed by atoms with van der Waals surface area (Å²) in [6.45, 7) is 9.91. The molecule has 0 radical (unpaired) electrons. The first kappa shape index (κ1) is 15.9. The standard InChI is InChI=1S/C13H29N3O2/c1-17-12-13-18-11-3-7-15-5-2-6-16(8-4-14)10-9-15/h2-14H2,1H3. The SMILES string of the molecule is COCCOCCCN1CCCN(CCN)CC1. The number of rotatable bonds is 9. The maximum atomic E-state index is 5.60. The van der Waals surface area contributed by atoms with Gasteiger partial charge in [-0.25, -0.2) is 0 Å². The molecule has 1 saturated heterocycles. The summed E-state index contributed by atoms with van der Waals surface area (Å²) in [5.41, 5.74) is 5.60. The third-order valence-electron chi connectivity index (χ3n) is 3.32. The van der Waals surface area contributed by atoms with E-state index in [1.54, 1.807) is 7.11 Å². The molecule has 0 aromatic heterocycles. The number of methoxy groups -OCH3 is 1. The van der Waals surface area contributed by atoms with Gasteiger partial charge < -0.3 is 25.0 Å². The third kappa shape index (κ3) is 7.28. The van der Waals surface area contributed by atoms with Gasteiger partial charge >= 0.3 is 0 Å². The van der Waals surface area contributed by atoms with Gasteiger partial charge in [0.15, 0.2) is 0 Å². The van der Waals surface area contributed by atoms with Crippen LogP contribution in [0.1, 0.15) is 12.8 Å². The molecule has 108 valence electrons. The van der Waals surface area contributed by atoms with Crippen LogP contribution in [0.5, 0.6) is 0 Å². The zero-order valence-corrected chi connectivity index (χ0v) is 11.8. The molecule has 0 unspecified atom stereocenters. The molecule has 5 nitrogen and oxygen atoms in total. The van der Waals surface area contributed by atoms with Gasteiger partial charge in [0.2, 0.25) is 0 Å². The third-order valence-corrected chi connectivity index (χ3v) is 3.32. The molecular formula is C13H29N3O2. The van der Waals surface area contributed by atoms with Crippen molar-refractivity contribution in [1.82, 2.24) is 9.80 Å². The number of hydrogen-bond donors (Lipinski definition) is 1. The lowest BCUT2D eigenvalue weighted by Crippen LogP contribution is -2.34. The second kappa shape index (κ2) is 10.7. The number of nitrogens with two attached hydrogens (primary N) is 1. The van der Waals surface area contributed by atoms with Crippen molar-refractivity contribution in [3.8, 4) is 0 Å². The summed E-state index contributed by atoms with van der Waals surface area (Å²) in [6, 6.07) is 0. The van der Waals surface area contributed by atoms with Gasteiger partial charge in [0.1, 0.15) is 0 Å². The Morgan fingerprint density at radius 3 is 2.33 bits per heavy atom. The van der Waals surface area contributed by atoms with Crippen molar-refractivity contribution < 1.29 is 9.47 Å². The first-order valence-corrected chi connectivity index (χ1v) is 7.08. The van der Waals surface area contributed by atoms with Crippen LogP contribution in [-0.2, 0) is 9.47 Å². The molecule has 5 heteroatoms. The van der Waals surface area contributed by atoms with Crippen molar-refractivity contribution >= 4 is 0 Å². The minimum absolute atomic E-state index is 0.692. The maximum Gasteiger partial charge on any atom is 0.0700 e. The Balaban J connectivity index is 2.01. The van der Waals surface area contributed by atoms with E-state index < -0.39 is 0 Å². The van der Waals surface area contributed by atoms with Gasteiger partial charge in [-0.2, -0.15) is 0 Å². The molecule has 0 aromatic rings. The Kier molecular flexibility index (Phi) is 9.42. The minimum Gasteiger partial charge on any atom is -0.382 e. The predicted octanol–water partition coefficient (Wildman–Crippen LogP) is 0.00590. The quantitative estimate of drug-likeness (QED) is 0.591. The summed E-state index contributed by atoms with van der Waals surface area (Å²) in [4.78, 5) is 5.01. The Bertz CT molecular complexity index is 193. The molecule has 1 aliphatic heterocycles. The lowest BCUT2D eigenvalue weighted by Gasteiger charge is -2.21. The van der Waals surface area contributed by atoms with Crippen molar-refractivity contribution in [2.45, 2.75) is 12.8 Å². The summed E-state index contributed by atoms with van der Waals surface area (Å²) >= 11 is 0. The maximum absolute atomic E-state index is 5.60. The normalized spacial score (nSPS) is 19.0. The highest BCUT2D eigenvalue weighted by Crippen LogP contribution is 2.03. The molecule has 0 aromatic carbocycles. The molecule has 1 heterocycles. The molecule has 0 aliphatic carbocycles. The monoisotopic (exact) mass is 259 g/mol. The molecular weight excluding hydrogens is 230 g/mol. The van der Waals surface area contributed by atoms with Crippen molar-refractivity contribution in [2.24, 2.45) is 5.73 Å². The van der Waals surface area contributed by atoms with Gasteiger partial charge in [-0.05, 0) is 25.9 Å². The average molecular weight is 259 g/mol. The molecule has 0 atom stereocenters. The first-order chi connectivity index (χ1) is 8.86. The molecule has 0 bridgehead atoms. The van der Waals surface area contributed by atoms with Gasteiger partial charge in [-0.3, -0.25) is 0 Å². The smallest absolute Gasteiger partial charge is 0.0700 e. The van der Waals surface area contributed by atoms with E-state index in [9.17, 15) is 0 Å². The van der Waals surface area contributed by atoms with Crippen LogP contribution >= 0.6 is 0 Å². The molecule has 0 amide bonds. The summed E-state index contributed by atoms with van der Waals surface area (Å²) < 4.78 is 10.4. The summed E-state index contributed by atoms with van der Waals surface area (Å²) in [5.74, 6) is 0. The van der Waals surface area contributed by atoms with Gasteiger partial charge in [0.25, 0.3) is 0 Å². The topological polar surface area (TPSA) is 51.0 Å². The van der Waals surface area contributed by atoms with Crippen LogP contribution in [0.25, 0.3) is 0 Å². The minimum atomic E-state index is 0.692. The van der Waals surface area contributed by atoms with Crippen LogP contribution < -0.4 is 5.73 Å². The second-order valence-electron chi connectivity index (χ2n) is 4.78. The zero-order valence-electron chi connectivity index (χ0n) is 11.8. The summed E-state index contributed by atoms with van der Waals surface area (Å²) in [7, 11) is 1.70. The molecule has 1 fully saturated rings. The van der Waals surface area contributed by atoms with Crippen molar-refractivity contribution in [3.63, 3.8) is 0 Å². The van der Waals surface area contributed by atoms with E-state index in [1.165, 1.54) is 19.5 Å². The largest absolute Gasteiger partial charge is 0.382 e. The van der Waals surface area contributed by atoms with Gasteiger partial charge in [0.05, 0.1) is 13.2 Å². The highest BCUT2D eigenvalue weighted by Gasteiger charge is 2.13. The average Bonchev–Trinajstić information content (AvgIpc) is 2.60. The van der Waals surface area contributed by atoms with Crippen molar-refractivity contribution in [2.75, 3.05) is 72.7 Å². The summed E-state index contributed by atoms with van der Waals surface area (Å²) in [5, 5.41) is 0. The van der Waals surface area contributed by atoms with Gasteiger partial charge in [0, 0.05) is 46.4 Å². The van der Waals surface area contributed by atoms with Crippen LogP contribution in [-0.4, -0.2) is 82.5 Å². The van der Waals surface area contributed by atoms with E-state index in [2.05, 4.69) is 9.80 Å². The van der Waals surface area contributed by atoms with Crippen LogP contribution in [0.3, 0.4) is 0 Å². The van der Waals surface area contributed by atoms with Crippen molar-refractivity contribution in [3.05, 3.63) is 0 Å². The van der Waals surface area contributed by atoms with E-state index >= 15 is 0 Å². The Labute approximate surface area is 111 Å². The highest BCUT2D eigenvalue weighted by atomic mass is 16.5. The lowest BCUT2D eigenvalue weighted by molar-refractivity contribution is 0.0654. The molecule has 1 rings (SSSR count). The highest BCUT2D eigenvalue weighted by molar-refractivity contribution is 4.69. The van der Waals surface area contributed by atoms with Crippen molar-refractivity contribution in [1.29, 1.82) is 0 Å². The second-order valence-corrected chi connectivity index (χ2v) is 4.78. The van der Waals surface area contributed by atoms with Crippen LogP contribution in [0.15, 0.2) is 0 Å². The predicted molar refractivity (Wildman–Crippen MR) is 73.9 cm³/mol. The number of hydrogen-bond acceptors (Lipinski definition) is 5. The van der Waals surface area contributed by atoms with Gasteiger partial charge in [-0.1, -0.05) is 0 Å². The zero-order chi connectivity index (χ0) is 13.1. The molecule has 1 aliphatic rings. The Morgan fingerprint density at radius 1 is 0.944 bits per heavy atom. The van der Waals surface area contributed by atoms with Crippen LogP contribution in [0.2, 0.25) is 0 Å². The van der Waals surface area contributed by atoms with E-state index in [0.29, 0.717) is 13.2 Å². The Hall–Kier alpha value is -0.200. The van der Waals surface area contributed by atoms with E-state index in [1.807, 2.05) is 0 Å². The fourth-order valence-electron chi connectivity index (χ4n) is 2.29. The lowest BCUT2D eigenvalue weighted by atomic mass is 10.3. The van der Waals surface area contributed by atoms with E-state index in [-0.39, 0.29) is 0 Å². The molecule has 2 N–H and O–H groups in total. The number of ether oxygens (including phenoxy) is 2. The van der Waals surface area contributed by atoms with Crippen LogP contribution in [0.4, 0.5) is 0 Å². The van der Waals surface area contributed by atoms with E-state index in [0.717, 1.165) is 45.8 Å². The fourth-order valence-corrected chi connectivity index (χ4v) is 2.29. The molecule has 0 spiro atoms. The Morgan fingerprint density at radius 2 is 1.67 bits per heavy atom. The fraction of sp³-hybridized carbons (Fsp3) is 1.00. The summed E-state index contributed by atoms with van der Waals surface area (Å²) in [6.07, 6.45) is 2.37. The molecule has 0 saturated carbocycles. The molecule has 18 heavy (non-hydrogen) atoms. The van der Waals surface area contributed by atoms with E-state index in [4.69, 9.17) is 15.2 Å².